The molecule has 3 nitrogen and oxygen atoms in total. The standard InChI is InChI=1S/C11H12FNO2/c1-8-2-3-9(6-10(8)12)13-4-5-15-7-11(13)14/h2-3,6H,4-5,7H2,1H3. The van der Waals surface area contributed by atoms with Gasteiger partial charge in [-0.15, -0.1) is 0 Å². The number of hydrogen-bond acceptors (Lipinski definition) is 2. The molecule has 15 heavy (non-hydrogen) atoms. The third kappa shape index (κ3) is 1.99. The van der Waals surface area contributed by atoms with Crippen molar-refractivity contribution in [3.8, 4) is 0 Å². The fraction of sp³-hybridized carbons (Fsp3) is 0.364. The topological polar surface area (TPSA) is 29.5 Å². The monoisotopic (exact) mass is 209 g/mol. The highest BCUT2D eigenvalue weighted by Gasteiger charge is 2.20. The summed E-state index contributed by atoms with van der Waals surface area (Å²) in [7, 11) is 0. The van der Waals surface area contributed by atoms with Gasteiger partial charge in [0.15, 0.2) is 0 Å². The van der Waals surface area contributed by atoms with Crippen molar-refractivity contribution in [1.29, 1.82) is 0 Å². The van der Waals surface area contributed by atoms with Gasteiger partial charge in [-0.1, -0.05) is 6.07 Å². The molecule has 1 aromatic rings. The van der Waals surface area contributed by atoms with Crippen molar-refractivity contribution in [2.24, 2.45) is 0 Å². The molecule has 0 aliphatic carbocycles. The van der Waals surface area contributed by atoms with Crippen molar-refractivity contribution in [3.05, 3.63) is 29.6 Å². The fourth-order valence-corrected chi connectivity index (χ4v) is 1.54. The van der Waals surface area contributed by atoms with Gasteiger partial charge in [-0.3, -0.25) is 4.79 Å². The Morgan fingerprint density at radius 2 is 2.27 bits per heavy atom. The molecule has 0 unspecified atom stereocenters. The predicted octanol–water partition coefficient (Wildman–Crippen LogP) is 1.50. The van der Waals surface area contributed by atoms with Gasteiger partial charge < -0.3 is 9.64 Å². The summed E-state index contributed by atoms with van der Waals surface area (Å²) in [6.45, 7) is 2.76. The number of aryl methyl sites for hydroxylation is 1. The molecule has 80 valence electrons. The molecule has 1 fully saturated rings. The van der Waals surface area contributed by atoms with Crippen LogP contribution in [-0.4, -0.2) is 25.7 Å². The molecule has 0 radical (unpaired) electrons. The van der Waals surface area contributed by atoms with Gasteiger partial charge in [0.05, 0.1) is 6.61 Å². The third-order valence-electron chi connectivity index (χ3n) is 2.45. The number of carbonyl (C=O) groups is 1. The molecule has 0 N–H and O–H groups in total. The number of ether oxygens (including phenoxy) is 1. The zero-order valence-corrected chi connectivity index (χ0v) is 8.50. The van der Waals surface area contributed by atoms with Crippen LogP contribution in [0.15, 0.2) is 18.2 Å². The summed E-state index contributed by atoms with van der Waals surface area (Å²) in [6.07, 6.45) is 0. The second kappa shape index (κ2) is 3.98. The maximum atomic E-state index is 13.3. The van der Waals surface area contributed by atoms with Gasteiger partial charge in [-0.05, 0) is 24.6 Å². The van der Waals surface area contributed by atoms with Crippen molar-refractivity contribution in [2.75, 3.05) is 24.7 Å². The number of nitrogens with zero attached hydrogens (tertiary/aromatic N) is 1. The first-order valence-electron chi connectivity index (χ1n) is 4.83. The van der Waals surface area contributed by atoms with Crippen LogP contribution in [-0.2, 0) is 9.53 Å². The molecule has 0 spiro atoms. The van der Waals surface area contributed by atoms with E-state index in [0.29, 0.717) is 24.4 Å². The lowest BCUT2D eigenvalue weighted by Crippen LogP contribution is -2.41. The Kier molecular flexibility index (Phi) is 2.68. The van der Waals surface area contributed by atoms with Gasteiger partial charge in [0, 0.05) is 12.2 Å². The van der Waals surface area contributed by atoms with E-state index in [1.165, 1.54) is 6.07 Å². The summed E-state index contributed by atoms with van der Waals surface area (Å²) in [4.78, 5) is 13.0. The van der Waals surface area contributed by atoms with E-state index in [2.05, 4.69) is 0 Å². The first-order valence-corrected chi connectivity index (χ1v) is 4.83. The second-order valence-electron chi connectivity index (χ2n) is 3.53. The summed E-state index contributed by atoms with van der Waals surface area (Å²) < 4.78 is 18.3. The van der Waals surface area contributed by atoms with Gasteiger partial charge in [0.2, 0.25) is 0 Å². The van der Waals surface area contributed by atoms with Crippen LogP contribution in [0.5, 0.6) is 0 Å². The molecule has 4 heteroatoms. The van der Waals surface area contributed by atoms with Gasteiger partial charge in [-0.2, -0.15) is 0 Å². The van der Waals surface area contributed by atoms with Crippen molar-refractivity contribution in [1.82, 2.24) is 0 Å². The van der Waals surface area contributed by atoms with Crippen molar-refractivity contribution < 1.29 is 13.9 Å². The number of carbonyl (C=O) groups excluding carboxylic acids is 1. The van der Waals surface area contributed by atoms with Gasteiger partial charge in [-0.25, -0.2) is 4.39 Å². The minimum absolute atomic E-state index is 0.0789. The smallest absolute Gasteiger partial charge is 0.253 e. The largest absolute Gasteiger partial charge is 0.370 e. The number of morpholine rings is 1. The van der Waals surface area contributed by atoms with Crippen molar-refractivity contribution in [2.45, 2.75) is 6.92 Å². The Balaban J connectivity index is 2.28. The molecule has 2 rings (SSSR count). The molecular formula is C11H12FNO2. The normalized spacial score (nSPS) is 16.9. The molecule has 0 aromatic heterocycles. The Hall–Kier alpha value is -1.42. The maximum Gasteiger partial charge on any atom is 0.253 e. The number of amides is 1. The molecule has 1 aliphatic heterocycles. The highest BCUT2D eigenvalue weighted by atomic mass is 19.1. The van der Waals surface area contributed by atoms with Crippen LogP contribution >= 0.6 is 0 Å². The highest BCUT2D eigenvalue weighted by Crippen LogP contribution is 2.19. The summed E-state index contributed by atoms with van der Waals surface area (Å²) >= 11 is 0. The van der Waals surface area contributed by atoms with E-state index in [9.17, 15) is 9.18 Å². The number of anilines is 1. The quantitative estimate of drug-likeness (QED) is 0.701. The lowest BCUT2D eigenvalue weighted by molar-refractivity contribution is -0.125. The van der Waals surface area contributed by atoms with Crippen LogP contribution in [0.4, 0.5) is 10.1 Å². The summed E-state index contributed by atoms with van der Waals surface area (Å²) in [6, 6.07) is 4.81. The lowest BCUT2D eigenvalue weighted by Gasteiger charge is -2.26. The van der Waals surface area contributed by atoms with E-state index in [-0.39, 0.29) is 18.3 Å². The Morgan fingerprint density at radius 3 is 2.93 bits per heavy atom. The molecule has 0 saturated carbocycles. The molecule has 1 aliphatic rings. The fourth-order valence-electron chi connectivity index (χ4n) is 1.54. The highest BCUT2D eigenvalue weighted by molar-refractivity contribution is 5.94. The molecular weight excluding hydrogens is 197 g/mol. The molecule has 1 heterocycles. The Morgan fingerprint density at radius 1 is 1.47 bits per heavy atom. The van der Waals surface area contributed by atoms with Crippen molar-refractivity contribution in [3.63, 3.8) is 0 Å². The minimum Gasteiger partial charge on any atom is -0.370 e. The molecule has 1 saturated heterocycles. The average molecular weight is 209 g/mol. The van der Waals surface area contributed by atoms with E-state index in [1.54, 1.807) is 24.0 Å². The zero-order valence-electron chi connectivity index (χ0n) is 8.50. The number of benzene rings is 1. The van der Waals surface area contributed by atoms with Crippen LogP contribution in [0.25, 0.3) is 0 Å². The first-order chi connectivity index (χ1) is 7.18. The molecule has 0 bridgehead atoms. The maximum absolute atomic E-state index is 13.3. The van der Waals surface area contributed by atoms with Gasteiger partial charge in [0.1, 0.15) is 12.4 Å². The zero-order chi connectivity index (χ0) is 10.8. The minimum atomic E-state index is -0.285. The molecule has 0 atom stereocenters. The number of halogens is 1. The van der Waals surface area contributed by atoms with Gasteiger partial charge >= 0.3 is 0 Å². The summed E-state index contributed by atoms with van der Waals surface area (Å²) in [5.41, 5.74) is 1.19. The number of rotatable bonds is 1. The Bertz CT molecular complexity index is 392. The third-order valence-corrected chi connectivity index (χ3v) is 2.45. The summed E-state index contributed by atoms with van der Waals surface area (Å²) in [5, 5.41) is 0. The van der Waals surface area contributed by atoms with Crippen LogP contribution in [0, 0.1) is 12.7 Å². The SMILES string of the molecule is Cc1ccc(N2CCOCC2=O)cc1F. The van der Waals surface area contributed by atoms with E-state index in [4.69, 9.17) is 4.74 Å². The average Bonchev–Trinajstić information content (AvgIpc) is 2.23. The Labute approximate surface area is 87.5 Å². The van der Waals surface area contributed by atoms with E-state index in [1.807, 2.05) is 0 Å². The first kappa shape index (κ1) is 10.1. The summed E-state index contributed by atoms with van der Waals surface area (Å²) in [5.74, 6) is -0.406. The van der Waals surface area contributed by atoms with Crippen LogP contribution < -0.4 is 4.90 Å². The van der Waals surface area contributed by atoms with E-state index < -0.39 is 0 Å². The van der Waals surface area contributed by atoms with E-state index in [0.717, 1.165) is 0 Å². The van der Waals surface area contributed by atoms with Crippen LogP contribution in [0.1, 0.15) is 5.56 Å². The lowest BCUT2D eigenvalue weighted by atomic mass is 10.2. The van der Waals surface area contributed by atoms with Crippen molar-refractivity contribution >= 4 is 11.6 Å². The number of hydrogen-bond donors (Lipinski definition) is 0. The van der Waals surface area contributed by atoms with E-state index >= 15 is 0 Å². The predicted molar refractivity (Wildman–Crippen MR) is 54.3 cm³/mol. The molecule has 1 amide bonds. The molecule has 1 aromatic carbocycles. The van der Waals surface area contributed by atoms with Crippen LogP contribution in [0.2, 0.25) is 0 Å². The van der Waals surface area contributed by atoms with Gasteiger partial charge in [0.25, 0.3) is 5.91 Å². The van der Waals surface area contributed by atoms with Crippen LogP contribution in [0.3, 0.4) is 0 Å². The second-order valence-corrected chi connectivity index (χ2v) is 3.53.